The van der Waals surface area contributed by atoms with Gasteiger partial charge in [0.05, 0.1) is 13.0 Å². The lowest BCUT2D eigenvalue weighted by atomic mass is 9.92. The molecule has 0 bridgehead atoms. The van der Waals surface area contributed by atoms with Crippen LogP contribution in [0.4, 0.5) is 5.69 Å². The van der Waals surface area contributed by atoms with Crippen LogP contribution in [0.25, 0.3) is 0 Å². The number of aromatic nitrogens is 1. The maximum Gasteiger partial charge on any atom is 0.330 e. The van der Waals surface area contributed by atoms with Crippen molar-refractivity contribution in [2.75, 3.05) is 18.5 Å². The molecule has 1 rings (SSSR count). The van der Waals surface area contributed by atoms with Gasteiger partial charge in [0.25, 0.3) is 5.56 Å². The summed E-state index contributed by atoms with van der Waals surface area (Å²) in [5.74, 6) is -3.42. The first-order valence-corrected chi connectivity index (χ1v) is 12.4. The highest BCUT2D eigenvalue weighted by atomic mass is 16.5. The number of hydrogen-bond donors (Lipinski definition) is 4. The summed E-state index contributed by atoms with van der Waals surface area (Å²) >= 11 is 0. The third-order valence-corrected chi connectivity index (χ3v) is 5.17. The van der Waals surface area contributed by atoms with E-state index < -0.39 is 41.8 Å². The Morgan fingerprint density at radius 3 is 2.47 bits per heavy atom. The van der Waals surface area contributed by atoms with Gasteiger partial charge in [-0.15, -0.1) is 0 Å². The molecule has 38 heavy (non-hydrogen) atoms. The maximum atomic E-state index is 13.0. The van der Waals surface area contributed by atoms with Crippen molar-refractivity contribution in [3.05, 3.63) is 40.8 Å². The Labute approximate surface area is 221 Å². The summed E-state index contributed by atoms with van der Waals surface area (Å²) in [6, 6.07) is 1.76. The van der Waals surface area contributed by atoms with E-state index in [1.807, 2.05) is 20.8 Å². The molecule has 0 aromatic carbocycles. The van der Waals surface area contributed by atoms with Gasteiger partial charge in [-0.1, -0.05) is 26.8 Å². The van der Waals surface area contributed by atoms with Gasteiger partial charge >= 0.3 is 11.9 Å². The average Bonchev–Trinajstić information content (AvgIpc) is 2.81. The largest absolute Gasteiger partial charge is 0.481 e. The van der Waals surface area contributed by atoms with Gasteiger partial charge in [0.15, 0.2) is 0 Å². The summed E-state index contributed by atoms with van der Waals surface area (Å²) in [6.45, 7) is 8.25. The second-order valence-corrected chi connectivity index (χ2v) is 9.75. The van der Waals surface area contributed by atoms with Crippen LogP contribution in [-0.2, 0) is 35.3 Å². The zero-order chi connectivity index (χ0) is 28.7. The molecule has 1 aromatic heterocycles. The maximum absolute atomic E-state index is 13.0. The summed E-state index contributed by atoms with van der Waals surface area (Å²) in [7, 11) is 0. The molecule has 12 heteroatoms. The van der Waals surface area contributed by atoms with Crippen molar-refractivity contribution >= 4 is 35.3 Å². The van der Waals surface area contributed by atoms with E-state index in [4.69, 9.17) is 9.84 Å². The van der Waals surface area contributed by atoms with Crippen LogP contribution in [0, 0.1) is 5.41 Å². The normalized spacial score (nSPS) is 12.0. The lowest BCUT2D eigenvalue weighted by Gasteiger charge is -2.19. The minimum Gasteiger partial charge on any atom is -0.481 e. The Bertz CT molecular complexity index is 1070. The van der Waals surface area contributed by atoms with Gasteiger partial charge in [-0.3, -0.25) is 24.0 Å². The van der Waals surface area contributed by atoms with E-state index in [0.717, 1.165) is 11.0 Å². The van der Waals surface area contributed by atoms with Crippen molar-refractivity contribution in [2.45, 2.75) is 72.4 Å². The molecule has 12 nitrogen and oxygen atoms in total. The second kappa shape index (κ2) is 16.0. The number of nitrogens with zero attached hydrogens (tertiary/aromatic N) is 1. The third kappa shape index (κ3) is 13.4. The van der Waals surface area contributed by atoms with Gasteiger partial charge in [0, 0.05) is 25.2 Å². The van der Waals surface area contributed by atoms with Crippen LogP contribution < -0.4 is 21.5 Å². The fourth-order valence-electron chi connectivity index (χ4n) is 3.15. The highest BCUT2D eigenvalue weighted by molar-refractivity contribution is 5.97. The standard InChI is InChI=1S/C26H38N4O8/c1-5-38-23(35)11-7-6-9-18(28-20(31)12-13-22(33)34)24(36)29-19-10-8-16-30(25(19)37)17-21(32)27-15-14-26(2,3)4/h7-8,10-11,16,18H,5-6,9,12-15,17H2,1-4H3,(H,27,32)(H,28,31)(H,29,36)(H,33,34)/b11-7+/t18-/m0/s1. The van der Waals surface area contributed by atoms with Crippen molar-refractivity contribution in [3.8, 4) is 0 Å². The molecular weight excluding hydrogens is 496 g/mol. The predicted molar refractivity (Wildman–Crippen MR) is 140 cm³/mol. The Hall–Kier alpha value is -3.96. The lowest BCUT2D eigenvalue weighted by molar-refractivity contribution is -0.139. The Balaban J connectivity index is 2.91. The zero-order valence-corrected chi connectivity index (χ0v) is 22.4. The van der Waals surface area contributed by atoms with Gasteiger partial charge in [-0.25, -0.2) is 4.79 Å². The van der Waals surface area contributed by atoms with E-state index in [1.54, 1.807) is 6.92 Å². The SMILES string of the molecule is CCOC(=O)/C=C/CC[C@H](NC(=O)CCC(=O)O)C(=O)Nc1cccn(CC(=O)NCCC(C)(C)C)c1=O. The zero-order valence-electron chi connectivity index (χ0n) is 22.4. The van der Waals surface area contributed by atoms with E-state index in [9.17, 15) is 28.8 Å². The van der Waals surface area contributed by atoms with Crippen LogP contribution in [-0.4, -0.2) is 58.5 Å². The summed E-state index contributed by atoms with van der Waals surface area (Å²) < 4.78 is 5.94. The number of aliphatic carboxylic acids is 1. The summed E-state index contributed by atoms with van der Waals surface area (Å²) in [4.78, 5) is 72.5. The van der Waals surface area contributed by atoms with Crippen LogP contribution in [0.1, 0.15) is 59.8 Å². The molecule has 0 fully saturated rings. The van der Waals surface area contributed by atoms with Crippen LogP contribution in [0.15, 0.2) is 35.3 Å². The molecule has 0 aliphatic heterocycles. The van der Waals surface area contributed by atoms with Gasteiger partial charge < -0.3 is 30.4 Å². The molecule has 1 atom stereocenters. The fraction of sp³-hybridized carbons (Fsp3) is 0.538. The van der Waals surface area contributed by atoms with Crippen LogP contribution >= 0.6 is 0 Å². The molecule has 1 heterocycles. The third-order valence-electron chi connectivity index (χ3n) is 5.17. The molecule has 4 N–H and O–H groups in total. The second-order valence-electron chi connectivity index (χ2n) is 9.75. The van der Waals surface area contributed by atoms with Crippen molar-refractivity contribution in [1.29, 1.82) is 0 Å². The molecular formula is C26H38N4O8. The molecule has 0 saturated carbocycles. The Morgan fingerprint density at radius 2 is 1.84 bits per heavy atom. The number of carboxylic acids is 1. The molecule has 1 aromatic rings. The number of esters is 1. The van der Waals surface area contributed by atoms with Crippen LogP contribution in [0.3, 0.4) is 0 Å². The number of carbonyl (C=O) groups excluding carboxylic acids is 4. The van der Waals surface area contributed by atoms with E-state index in [1.165, 1.54) is 30.5 Å². The van der Waals surface area contributed by atoms with Gasteiger partial charge in [0.2, 0.25) is 17.7 Å². The first-order valence-electron chi connectivity index (χ1n) is 12.4. The predicted octanol–water partition coefficient (Wildman–Crippen LogP) is 1.59. The average molecular weight is 535 g/mol. The number of allylic oxidation sites excluding steroid dienone is 1. The molecule has 0 aliphatic carbocycles. The fourth-order valence-corrected chi connectivity index (χ4v) is 3.15. The van der Waals surface area contributed by atoms with E-state index in [2.05, 4.69) is 16.0 Å². The molecule has 0 aliphatic rings. The van der Waals surface area contributed by atoms with Gasteiger partial charge in [-0.05, 0) is 43.7 Å². The number of carbonyl (C=O) groups is 5. The number of carboxylic acid groups (broad SMARTS) is 1. The van der Waals surface area contributed by atoms with Crippen molar-refractivity contribution in [2.24, 2.45) is 5.41 Å². The highest BCUT2D eigenvalue weighted by Crippen LogP contribution is 2.16. The summed E-state index contributed by atoms with van der Waals surface area (Å²) in [5, 5.41) is 16.5. The number of hydrogen-bond acceptors (Lipinski definition) is 7. The number of rotatable bonds is 15. The van der Waals surface area contributed by atoms with E-state index >= 15 is 0 Å². The molecule has 0 saturated heterocycles. The topological polar surface area (TPSA) is 173 Å². The molecule has 210 valence electrons. The minimum atomic E-state index is -1.16. The molecule has 3 amide bonds. The van der Waals surface area contributed by atoms with E-state index in [-0.39, 0.29) is 49.4 Å². The smallest absolute Gasteiger partial charge is 0.330 e. The Morgan fingerprint density at radius 1 is 1.13 bits per heavy atom. The van der Waals surface area contributed by atoms with Crippen molar-refractivity contribution < 1.29 is 33.8 Å². The number of nitrogens with one attached hydrogen (secondary N) is 3. The Kier molecular flexibility index (Phi) is 13.5. The molecule has 0 radical (unpaired) electrons. The minimum absolute atomic E-state index is 0.0442. The summed E-state index contributed by atoms with van der Waals surface area (Å²) in [5.41, 5.74) is -0.653. The summed E-state index contributed by atoms with van der Waals surface area (Å²) in [6.07, 6.45) is 4.40. The van der Waals surface area contributed by atoms with Gasteiger partial charge in [0.1, 0.15) is 18.3 Å². The first-order chi connectivity index (χ1) is 17.8. The van der Waals surface area contributed by atoms with Crippen molar-refractivity contribution in [1.82, 2.24) is 15.2 Å². The lowest BCUT2D eigenvalue weighted by Crippen LogP contribution is -2.44. The monoisotopic (exact) mass is 534 g/mol. The van der Waals surface area contributed by atoms with E-state index in [0.29, 0.717) is 6.54 Å². The molecule has 0 spiro atoms. The number of anilines is 1. The van der Waals surface area contributed by atoms with Crippen LogP contribution in [0.2, 0.25) is 0 Å². The number of amides is 3. The van der Waals surface area contributed by atoms with Gasteiger partial charge in [-0.2, -0.15) is 0 Å². The first kappa shape index (κ1) is 32.1. The van der Waals surface area contributed by atoms with Crippen molar-refractivity contribution in [3.63, 3.8) is 0 Å². The number of pyridine rings is 1. The number of ether oxygens (including phenoxy) is 1. The quantitative estimate of drug-likeness (QED) is 0.194. The van der Waals surface area contributed by atoms with Crippen LogP contribution in [0.5, 0.6) is 0 Å². The highest BCUT2D eigenvalue weighted by Gasteiger charge is 2.22. The molecule has 0 unspecified atom stereocenters.